The summed E-state index contributed by atoms with van der Waals surface area (Å²) in [5, 5.41) is 1.02. The highest BCUT2D eigenvalue weighted by Crippen LogP contribution is 2.35. The van der Waals surface area contributed by atoms with Crippen molar-refractivity contribution in [3.8, 4) is 0 Å². The Morgan fingerprint density at radius 1 is 1.15 bits per heavy atom. The molecule has 0 fully saturated rings. The zero-order chi connectivity index (χ0) is 18.3. The molecule has 134 valence electrons. The van der Waals surface area contributed by atoms with Gasteiger partial charge in [-0.2, -0.15) is 0 Å². The van der Waals surface area contributed by atoms with E-state index in [1.165, 1.54) is 24.8 Å². The van der Waals surface area contributed by atoms with E-state index in [1.807, 2.05) is 16.7 Å². The summed E-state index contributed by atoms with van der Waals surface area (Å²) >= 11 is 0. The maximum atomic E-state index is 14.3. The Morgan fingerprint density at radius 2 is 1.96 bits per heavy atom. The van der Waals surface area contributed by atoms with Crippen molar-refractivity contribution in [3.05, 3.63) is 70.4 Å². The van der Waals surface area contributed by atoms with Crippen LogP contribution < -0.4 is 0 Å². The van der Waals surface area contributed by atoms with Crippen molar-refractivity contribution in [1.29, 1.82) is 0 Å². The number of carbonyl (C=O) groups excluding carboxylic acids is 1. The molecule has 1 aliphatic carbocycles. The molecule has 1 aromatic heterocycles. The first-order chi connectivity index (χ1) is 12.6. The fourth-order valence-corrected chi connectivity index (χ4v) is 3.96. The predicted octanol–water partition coefficient (Wildman–Crippen LogP) is 4.63. The van der Waals surface area contributed by atoms with Crippen LogP contribution in [0.25, 0.3) is 10.9 Å². The molecule has 2 aromatic carbocycles. The van der Waals surface area contributed by atoms with E-state index in [1.54, 1.807) is 6.07 Å². The molecule has 0 radical (unpaired) electrons. The van der Waals surface area contributed by atoms with Crippen molar-refractivity contribution < 1.29 is 18.3 Å². The van der Waals surface area contributed by atoms with Crippen LogP contribution in [0.4, 0.5) is 8.78 Å². The van der Waals surface area contributed by atoms with Crippen molar-refractivity contribution in [2.45, 2.75) is 32.2 Å². The van der Waals surface area contributed by atoms with E-state index in [-0.39, 0.29) is 6.54 Å². The second-order valence-corrected chi connectivity index (χ2v) is 6.65. The molecule has 0 N–H and O–H groups in total. The fourth-order valence-electron chi connectivity index (χ4n) is 3.96. The number of rotatable bonds is 3. The van der Waals surface area contributed by atoms with Crippen LogP contribution >= 0.6 is 0 Å². The van der Waals surface area contributed by atoms with Crippen LogP contribution in [0.5, 0.6) is 0 Å². The molecule has 0 aliphatic heterocycles. The van der Waals surface area contributed by atoms with Gasteiger partial charge in [-0.25, -0.2) is 13.6 Å². The third-order valence-electron chi connectivity index (χ3n) is 5.14. The summed E-state index contributed by atoms with van der Waals surface area (Å²) in [5.41, 5.74) is 4.00. The van der Waals surface area contributed by atoms with Crippen LogP contribution in [0, 0.1) is 11.6 Å². The van der Waals surface area contributed by atoms with Gasteiger partial charge in [-0.1, -0.05) is 18.2 Å². The molecule has 0 unspecified atom stereocenters. The summed E-state index contributed by atoms with van der Waals surface area (Å²) in [6.07, 6.45) is 3.98. The molecule has 0 amide bonds. The minimum absolute atomic E-state index is 0.256. The van der Waals surface area contributed by atoms with Gasteiger partial charge in [-0.05, 0) is 43.4 Å². The highest BCUT2D eigenvalue weighted by atomic mass is 19.1. The summed E-state index contributed by atoms with van der Waals surface area (Å²) in [5.74, 6) is -1.58. The standard InChI is InChI=1S/C21H19F2NO2/c1-26-21(25)17-7-4-6-16-15-5-2-3-8-19(15)24(20(16)17)12-13-9-10-14(22)11-18(13)23/h4,6-7,9-11H,2-3,5,8,12H2,1H3. The summed E-state index contributed by atoms with van der Waals surface area (Å²) in [6, 6.07) is 9.21. The Balaban J connectivity index is 1.96. The van der Waals surface area contributed by atoms with E-state index in [0.29, 0.717) is 11.1 Å². The van der Waals surface area contributed by atoms with Crippen LogP contribution in [0.3, 0.4) is 0 Å². The zero-order valence-electron chi connectivity index (χ0n) is 14.5. The number of hydrogen-bond donors (Lipinski definition) is 0. The molecule has 4 rings (SSSR count). The number of fused-ring (bicyclic) bond motifs is 3. The van der Waals surface area contributed by atoms with E-state index in [4.69, 9.17) is 4.74 Å². The number of esters is 1. The van der Waals surface area contributed by atoms with E-state index in [9.17, 15) is 13.6 Å². The van der Waals surface area contributed by atoms with Gasteiger partial charge in [0.15, 0.2) is 0 Å². The Morgan fingerprint density at radius 3 is 2.73 bits per heavy atom. The number of carbonyl (C=O) groups is 1. The van der Waals surface area contributed by atoms with Crippen LogP contribution in [0.2, 0.25) is 0 Å². The van der Waals surface area contributed by atoms with E-state index >= 15 is 0 Å². The average molecular weight is 355 g/mol. The van der Waals surface area contributed by atoms with Gasteiger partial charge in [0.05, 0.1) is 24.7 Å². The monoisotopic (exact) mass is 355 g/mol. The van der Waals surface area contributed by atoms with Crippen LogP contribution in [-0.4, -0.2) is 17.6 Å². The first kappa shape index (κ1) is 16.8. The van der Waals surface area contributed by atoms with Crippen molar-refractivity contribution in [2.24, 2.45) is 0 Å². The number of ether oxygens (including phenoxy) is 1. The summed E-state index contributed by atoms with van der Waals surface area (Å²) in [4.78, 5) is 12.3. The number of nitrogens with zero attached hydrogens (tertiary/aromatic N) is 1. The predicted molar refractivity (Wildman–Crippen MR) is 95.4 cm³/mol. The second-order valence-electron chi connectivity index (χ2n) is 6.65. The average Bonchev–Trinajstić information content (AvgIpc) is 2.97. The number of benzene rings is 2. The Kier molecular flexibility index (Phi) is 4.23. The Hall–Kier alpha value is -2.69. The van der Waals surface area contributed by atoms with Crippen LogP contribution in [-0.2, 0) is 24.1 Å². The lowest BCUT2D eigenvalue weighted by Crippen LogP contribution is -2.12. The number of halogens is 2. The zero-order valence-corrected chi connectivity index (χ0v) is 14.5. The molecule has 0 atom stereocenters. The van der Waals surface area contributed by atoms with Crippen molar-refractivity contribution in [1.82, 2.24) is 4.57 Å². The van der Waals surface area contributed by atoms with Crippen molar-refractivity contribution in [3.63, 3.8) is 0 Å². The van der Waals surface area contributed by atoms with Crippen molar-refractivity contribution >= 4 is 16.9 Å². The molecular weight excluding hydrogens is 336 g/mol. The topological polar surface area (TPSA) is 31.2 Å². The Labute approximate surface area is 150 Å². The van der Waals surface area contributed by atoms with Gasteiger partial charge >= 0.3 is 5.97 Å². The maximum Gasteiger partial charge on any atom is 0.340 e. The van der Waals surface area contributed by atoms with E-state index in [0.717, 1.165) is 48.3 Å². The lowest BCUT2D eigenvalue weighted by atomic mass is 9.95. The smallest absolute Gasteiger partial charge is 0.340 e. The number of para-hydroxylation sites is 1. The molecule has 0 bridgehead atoms. The molecule has 1 heterocycles. The van der Waals surface area contributed by atoms with Gasteiger partial charge in [-0.15, -0.1) is 0 Å². The first-order valence-corrected chi connectivity index (χ1v) is 8.75. The van der Waals surface area contributed by atoms with Crippen LogP contribution in [0.15, 0.2) is 36.4 Å². The summed E-state index contributed by atoms with van der Waals surface area (Å²) in [6.45, 7) is 0.256. The minimum atomic E-state index is -0.596. The number of methoxy groups -OCH3 is 1. The molecule has 26 heavy (non-hydrogen) atoms. The van der Waals surface area contributed by atoms with Crippen LogP contribution in [0.1, 0.15) is 40.0 Å². The molecule has 5 heteroatoms. The van der Waals surface area contributed by atoms with Gasteiger partial charge < -0.3 is 9.30 Å². The summed E-state index contributed by atoms with van der Waals surface area (Å²) < 4.78 is 34.5. The third kappa shape index (κ3) is 2.68. The number of aromatic nitrogens is 1. The number of aryl methyl sites for hydroxylation is 1. The van der Waals surface area contributed by atoms with Gasteiger partial charge in [0.2, 0.25) is 0 Å². The van der Waals surface area contributed by atoms with Crippen molar-refractivity contribution in [2.75, 3.05) is 7.11 Å². The summed E-state index contributed by atoms with van der Waals surface area (Å²) in [7, 11) is 1.36. The first-order valence-electron chi connectivity index (χ1n) is 8.75. The lowest BCUT2D eigenvalue weighted by Gasteiger charge is -2.17. The van der Waals surface area contributed by atoms with E-state index in [2.05, 4.69) is 0 Å². The highest BCUT2D eigenvalue weighted by Gasteiger charge is 2.24. The molecule has 0 saturated heterocycles. The van der Waals surface area contributed by atoms with Gasteiger partial charge in [0, 0.05) is 22.7 Å². The van der Waals surface area contributed by atoms with Gasteiger partial charge in [0.1, 0.15) is 11.6 Å². The molecule has 3 nitrogen and oxygen atoms in total. The maximum absolute atomic E-state index is 14.3. The molecule has 1 aliphatic rings. The fraction of sp³-hybridized carbons (Fsp3) is 0.286. The van der Waals surface area contributed by atoms with Gasteiger partial charge in [-0.3, -0.25) is 0 Å². The SMILES string of the molecule is COC(=O)c1cccc2c3c(n(Cc4ccc(F)cc4F)c12)CCCC3. The minimum Gasteiger partial charge on any atom is -0.465 e. The molecule has 3 aromatic rings. The highest BCUT2D eigenvalue weighted by molar-refractivity contribution is 6.04. The normalized spacial score (nSPS) is 13.7. The largest absolute Gasteiger partial charge is 0.465 e. The Bertz CT molecular complexity index is 1010. The van der Waals surface area contributed by atoms with E-state index < -0.39 is 17.6 Å². The molecular formula is C21H19F2NO2. The third-order valence-corrected chi connectivity index (χ3v) is 5.14. The number of hydrogen-bond acceptors (Lipinski definition) is 2. The quantitative estimate of drug-likeness (QED) is 0.641. The molecule has 0 saturated carbocycles. The second kappa shape index (κ2) is 6.56. The molecule has 0 spiro atoms. The lowest BCUT2D eigenvalue weighted by molar-refractivity contribution is 0.0602. The van der Waals surface area contributed by atoms with Gasteiger partial charge in [0.25, 0.3) is 0 Å².